The fourth-order valence-corrected chi connectivity index (χ4v) is 3.61. The SMILES string of the molecule is CC(=O)N1CCN(c2ccc(NC(=O)CCc3ccc4c(c3)OCO4)cc2)CC1. The number of amides is 2. The summed E-state index contributed by atoms with van der Waals surface area (Å²) in [6.45, 7) is 4.99. The molecule has 2 heterocycles. The molecule has 0 atom stereocenters. The molecule has 0 bridgehead atoms. The highest BCUT2D eigenvalue weighted by atomic mass is 16.7. The minimum Gasteiger partial charge on any atom is -0.454 e. The summed E-state index contributed by atoms with van der Waals surface area (Å²) in [4.78, 5) is 27.9. The van der Waals surface area contributed by atoms with Gasteiger partial charge in [-0.1, -0.05) is 6.07 Å². The van der Waals surface area contributed by atoms with Gasteiger partial charge in [-0.05, 0) is 48.4 Å². The van der Waals surface area contributed by atoms with Crippen molar-refractivity contribution in [1.29, 1.82) is 0 Å². The van der Waals surface area contributed by atoms with Crippen molar-refractivity contribution >= 4 is 23.2 Å². The Kier molecular flexibility index (Phi) is 5.55. The van der Waals surface area contributed by atoms with Crippen LogP contribution in [0.15, 0.2) is 42.5 Å². The van der Waals surface area contributed by atoms with Gasteiger partial charge < -0.3 is 24.6 Å². The Bertz CT molecular complexity index is 889. The zero-order valence-corrected chi connectivity index (χ0v) is 16.5. The van der Waals surface area contributed by atoms with Crippen molar-refractivity contribution in [3.8, 4) is 11.5 Å². The summed E-state index contributed by atoms with van der Waals surface area (Å²) in [5.74, 6) is 1.59. The molecule has 0 unspecified atom stereocenters. The second kappa shape index (κ2) is 8.43. The maximum absolute atomic E-state index is 12.3. The number of carbonyl (C=O) groups is 2. The number of anilines is 2. The van der Waals surface area contributed by atoms with E-state index < -0.39 is 0 Å². The molecule has 2 aliphatic rings. The van der Waals surface area contributed by atoms with Crippen LogP contribution in [0.25, 0.3) is 0 Å². The van der Waals surface area contributed by atoms with Gasteiger partial charge in [-0.2, -0.15) is 0 Å². The molecule has 2 aliphatic heterocycles. The minimum atomic E-state index is -0.0227. The number of nitrogens with one attached hydrogen (secondary N) is 1. The molecule has 0 radical (unpaired) electrons. The van der Waals surface area contributed by atoms with Crippen molar-refractivity contribution < 1.29 is 19.1 Å². The molecule has 2 amide bonds. The topological polar surface area (TPSA) is 71.1 Å². The molecule has 0 aromatic heterocycles. The van der Waals surface area contributed by atoms with Crippen molar-refractivity contribution in [3.63, 3.8) is 0 Å². The number of hydrogen-bond donors (Lipinski definition) is 1. The van der Waals surface area contributed by atoms with E-state index in [0.717, 1.165) is 54.6 Å². The minimum absolute atomic E-state index is 0.0227. The van der Waals surface area contributed by atoms with E-state index in [-0.39, 0.29) is 18.6 Å². The van der Waals surface area contributed by atoms with Gasteiger partial charge in [-0.25, -0.2) is 0 Å². The fraction of sp³-hybridized carbons (Fsp3) is 0.364. The van der Waals surface area contributed by atoms with Crippen molar-refractivity contribution in [1.82, 2.24) is 4.90 Å². The molecule has 0 saturated carbocycles. The van der Waals surface area contributed by atoms with E-state index in [1.807, 2.05) is 47.4 Å². The van der Waals surface area contributed by atoms with E-state index >= 15 is 0 Å². The first-order chi connectivity index (χ1) is 14.1. The summed E-state index contributed by atoms with van der Waals surface area (Å²) in [5, 5.41) is 2.95. The summed E-state index contributed by atoms with van der Waals surface area (Å²) in [5.41, 5.74) is 2.93. The number of aryl methyl sites for hydroxylation is 1. The van der Waals surface area contributed by atoms with E-state index in [9.17, 15) is 9.59 Å². The Morgan fingerprint density at radius 1 is 0.966 bits per heavy atom. The van der Waals surface area contributed by atoms with Crippen LogP contribution >= 0.6 is 0 Å². The van der Waals surface area contributed by atoms with Crippen LogP contribution < -0.4 is 19.7 Å². The number of carbonyl (C=O) groups excluding carboxylic acids is 2. The van der Waals surface area contributed by atoms with Crippen molar-refractivity contribution in [2.45, 2.75) is 19.8 Å². The Morgan fingerprint density at radius 2 is 1.69 bits per heavy atom. The van der Waals surface area contributed by atoms with Gasteiger partial charge in [0.05, 0.1) is 0 Å². The van der Waals surface area contributed by atoms with Gasteiger partial charge in [0.1, 0.15) is 0 Å². The van der Waals surface area contributed by atoms with Gasteiger partial charge >= 0.3 is 0 Å². The van der Waals surface area contributed by atoms with Crippen LogP contribution in [0.4, 0.5) is 11.4 Å². The van der Waals surface area contributed by atoms with Gasteiger partial charge in [0.2, 0.25) is 18.6 Å². The average Bonchev–Trinajstić information content (AvgIpc) is 3.21. The third-order valence-electron chi connectivity index (χ3n) is 5.32. The quantitative estimate of drug-likeness (QED) is 0.843. The summed E-state index contributed by atoms with van der Waals surface area (Å²) in [6, 6.07) is 13.6. The molecule has 7 heteroatoms. The lowest BCUT2D eigenvalue weighted by Gasteiger charge is -2.35. The van der Waals surface area contributed by atoms with Gasteiger partial charge in [-0.3, -0.25) is 9.59 Å². The first-order valence-corrected chi connectivity index (χ1v) is 9.87. The van der Waals surface area contributed by atoms with Gasteiger partial charge in [-0.15, -0.1) is 0 Å². The smallest absolute Gasteiger partial charge is 0.231 e. The zero-order chi connectivity index (χ0) is 20.2. The van der Waals surface area contributed by atoms with Crippen LogP contribution in [0.1, 0.15) is 18.9 Å². The average molecular weight is 395 g/mol. The van der Waals surface area contributed by atoms with E-state index in [4.69, 9.17) is 9.47 Å². The summed E-state index contributed by atoms with van der Waals surface area (Å²) >= 11 is 0. The van der Waals surface area contributed by atoms with E-state index in [1.54, 1.807) is 6.92 Å². The molecule has 1 fully saturated rings. The first kappa shape index (κ1) is 19.1. The van der Waals surface area contributed by atoms with Crippen LogP contribution in [-0.4, -0.2) is 49.7 Å². The monoisotopic (exact) mass is 395 g/mol. The number of piperazine rings is 1. The Labute approximate surface area is 170 Å². The molecule has 2 aromatic rings. The van der Waals surface area contributed by atoms with Crippen LogP contribution in [-0.2, 0) is 16.0 Å². The number of ether oxygens (including phenoxy) is 2. The lowest BCUT2D eigenvalue weighted by Crippen LogP contribution is -2.48. The number of hydrogen-bond acceptors (Lipinski definition) is 5. The summed E-state index contributed by atoms with van der Waals surface area (Å²) < 4.78 is 10.7. The Balaban J connectivity index is 1.26. The molecule has 2 aromatic carbocycles. The number of nitrogens with zero attached hydrogens (tertiary/aromatic N) is 2. The summed E-state index contributed by atoms with van der Waals surface area (Å²) in [6.07, 6.45) is 1.04. The molecule has 4 rings (SSSR count). The zero-order valence-electron chi connectivity index (χ0n) is 16.5. The molecular weight excluding hydrogens is 370 g/mol. The van der Waals surface area contributed by atoms with Crippen LogP contribution in [0, 0.1) is 0 Å². The maximum atomic E-state index is 12.3. The van der Waals surface area contributed by atoms with E-state index in [2.05, 4.69) is 10.2 Å². The van der Waals surface area contributed by atoms with Crippen LogP contribution in [0.5, 0.6) is 11.5 Å². The second-order valence-electron chi connectivity index (χ2n) is 7.28. The second-order valence-corrected chi connectivity index (χ2v) is 7.28. The number of benzene rings is 2. The predicted molar refractivity (Wildman–Crippen MR) is 110 cm³/mol. The molecule has 1 saturated heterocycles. The highest BCUT2D eigenvalue weighted by Crippen LogP contribution is 2.32. The third-order valence-corrected chi connectivity index (χ3v) is 5.32. The van der Waals surface area contributed by atoms with Crippen molar-refractivity contribution in [3.05, 3.63) is 48.0 Å². The third kappa shape index (κ3) is 4.62. The lowest BCUT2D eigenvalue weighted by molar-refractivity contribution is -0.129. The first-order valence-electron chi connectivity index (χ1n) is 9.87. The van der Waals surface area contributed by atoms with Crippen LogP contribution in [0.3, 0.4) is 0 Å². The maximum Gasteiger partial charge on any atom is 0.231 e. The standard InChI is InChI=1S/C22H25N3O4/c1-16(26)24-10-12-25(13-11-24)19-6-4-18(5-7-19)23-22(27)9-3-17-2-8-20-21(14-17)29-15-28-20/h2,4-8,14H,3,9-13,15H2,1H3,(H,23,27). The van der Waals surface area contributed by atoms with Gasteiger partial charge in [0.15, 0.2) is 11.5 Å². The number of rotatable bonds is 5. The molecule has 0 spiro atoms. The van der Waals surface area contributed by atoms with Crippen LogP contribution in [0.2, 0.25) is 0 Å². The van der Waals surface area contributed by atoms with E-state index in [1.165, 1.54) is 0 Å². The summed E-state index contributed by atoms with van der Waals surface area (Å²) in [7, 11) is 0. The van der Waals surface area contributed by atoms with Crippen molar-refractivity contribution in [2.75, 3.05) is 43.2 Å². The molecular formula is C22H25N3O4. The molecule has 7 nitrogen and oxygen atoms in total. The van der Waals surface area contributed by atoms with E-state index in [0.29, 0.717) is 12.8 Å². The highest BCUT2D eigenvalue weighted by Gasteiger charge is 2.19. The lowest BCUT2D eigenvalue weighted by atomic mass is 10.1. The fourth-order valence-electron chi connectivity index (χ4n) is 3.61. The molecule has 29 heavy (non-hydrogen) atoms. The number of fused-ring (bicyclic) bond motifs is 1. The molecule has 0 aliphatic carbocycles. The predicted octanol–water partition coefficient (Wildman–Crippen LogP) is 2.66. The molecule has 1 N–H and O–H groups in total. The van der Waals surface area contributed by atoms with Gasteiger partial charge in [0.25, 0.3) is 0 Å². The Morgan fingerprint density at radius 3 is 2.41 bits per heavy atom. The molecule has 152 valence electrons. The normalized spacial score (nSPS) is 15.3. The Hall–Kier alpha value is -3.22. The van der Waals surface area contributed by atoms with Crippen molar-refractivity contribution in [2.24, 2.45) is 0 Å². The van der Waals surface area contributed by atoms with Gasteiger partial charge in [0, 0.05) is 50.9 Å². The highest BCUT2D eigenvalue weighted by molar-refractivity contribution is 5.91. The largest absolute Gasteiger partial charge is 0.454 e.